The van der Waals surface area contributed by atoms with Crippen LogP contribution < -0.4 is 4.74 Å². The molecule has 1 saturated carbocycles. The molecule has 0 aliphatic heterocycles. The summed E-state index contributed by atoms with van der Waals surface area (Å²) in [7, 11) is 1.79. The number of halogens is 1. The van der Waals surface area contributed by atoms with E-state index in [0.717, 1.165) is 24.0 Å². The first-order valence-corrected chi connectivity index (χ1v) is 9.03. The maximum absolute atomic E-state index is 11.3. The fourth-order valence-electron chi connectivity index (χ4n) is 2.48. The van der Waals surface area contributed by atoms with Crippen molar-refractivity contribution in [3.63, 3.8) is 0 Å². The molecule has 0 unspecified atom stereocenters. The van der Waals surface area contributed by atoms with Gasteiger partial charge in [-0.3, -0.25) is 0 Å². The zero-order valence-corrected chi connectivity index (χ0v) is 12.9. The van der Waals surface area contributed by atoms with Crippen molar-refractivity contribution in [2.24, 2.45) is 0 Å². The van der Waals surface area contributed by atoms with E-state index in [4.69, 9.17) is 15.4 Å². The van der Waals surface area contributed by atoms with Gasteiger partial charge in [0.15, 0.2) is 0 Å². The minimum absolute atomic E-state index is 0.183. The highest BCUT2D eigenvalue weighted by Gasteiger charge is 2.21. The highest BCUT2D eigenvalue weighted by molar-refractivity contribution is 8.13. The van der Waals surface area contributed by atoms with E-state index in [9.17, 15) is 8.42 Å². The normalized spacial score (nSPS) is 16.8. The van der Waals surface area contributed by atoms with E-state index in [2.05, 4.69) is 0 Å². The Morgan fingerprint density at radius 2 is 1.89 bits per heavy atom. The summed E-state index contributed by atoms with van der Waals surface area (Å²) in [5.74, 6) is 0.522. The van der Waals surface area contributed by atoms with E-state index in [1.807, 2.05) is 19.9 Å². The number of benzene rings is 1. The zero-order valence-electron chi connectivity index (χ0n) is 11.3. The summed E-state index contributed by atoms with van der Waals surface area (Å²) in [5.41, 5.74) is 2.76. The van der Waals surface area contributed by atoms with Crippen LogP contribution in [0.5, 0.6) is 5.75 Å². The summed E-state index contributed by atoms with van der Waals surface area (Å²) in [4.78, 5) is 0. The minimum atomic E-state index is -3.57. The van der Waals surface area contributed by atoms with Gasteiger partial charge in [-0.25, -0.2) is 8.42 Å². The first-order valence-electron chi connectivity index (χ1n) is 6.55. The predicted octanol–water partition coefficient (Wildman–Crippen LogP) is 3.69. The fourth-order valence-corrected chi connectivity index (χ4v) is 3.43. The van der Waals surface area contributed by atoms with Gasteiger partial charge in [0, 0.05) is 16.2 Å². The van der Waals surface area contributed by atoms with Crippen LogP contribution in [0.4, 0.5) is 0 Å². The summed E-state index contributed by atoms with van der Waals surface area (Å²) in [6.45, 7) is 3.96. The number of hydrogen-bond acceptors (Lipinski definition) is 3. The maximum Gasteiger partial charge on any atom is 0.236 e. The Hall–Kier alpha value is -0.740. The average molecular weight is 303 g/mol. The Morgan fingerprint density at radius 3 is 2.47 bits per heavy atom. The molecule has 1 aromatic rings. The molecule has 0 heterocycles. The molecule has 19 heavy (non-hydrogen) atoms. The highest BCUT2D eigenvalue weighted by atomic mass is 35.7. The number of ether oxygens (including phenoxy) is 1. The van der Waals surface area contributed by atoms with E-state index < -0.39 is 9.05 Å². The van der Waals surface area contributed by atoms with Crippen molar-refractivity contribution in [2.45, 2.75) is 51.4 Å². The molecule has 1 aliphatic carbocycles. The van der Waals surface area contributed by atoms with Crippen LogP contribution in [0.1, 0.15) is 42.4 Å². The van der Waals surface area contributed by atoms with Crippen LogP contribution >= 0.6 is 10.7 Å². The lowest BCUT2D eigenvalue weighted by Crippen LogP contribution is -2.14. The molecule has 1 aromatic carbocycles. The van der Waals surface area contributed by atoms with Gasteiger partial charge < -0.3 is 4.74 Å². The maximum atomic E-state index is 11.3. The molecule has 0 radical (unpaired) electrons. The molecule has 3 nitrogen and oxygen atoms in total. The standard InChI is InChI=1S/C14H19ClO3S/c1-10-7-8-12(9-19(15,16)17)14(11(10)2)18-13-5-3-4-6-13/h7-8,13H,3-6,9H2,1-2H3. The van der Waals surface area contributed by atoms with Gasteiger partial charge >= 0.3 is 0 Å². The van der Waals surface area contributed by atoms with Gasteiger partial charge in [0.2, 0.25) is 9.05 Å². The number of rotatable bonds is 4. The van der Waals surface area contributed by atoms with Gasteiger partial charge in [-0.1, -0.05) is 12.1 Å². The van der Waals surface area contributed by atoms with Gasteiger partial charge in [-0.2, -0.15) is 0 Å². The lowest BCUT2D eigenvalue weighted by Gasteiger charge is -2.19. The molecule has 1 fully saturated rings. The van der Waals surface area contributed by atoms with E-state index >= 15 is 0 Å². The van der Waals surface area contributed by atoms with Crippen molar-refractivity contribution in [2.75, 3.05) is 0 Å². The average Bonchev–Trinajstić information content (AvgIpc) is 2.80. The molecule has 0 N–H and O–H groups in total. The minimum Gasteiger partial charge on any atom is -0.490 e. The van der Waals surface area contributed by atoms with Crippen molar-refractivity contribution in [1.82, 2.24) is 0 Å². The van der Waals surface area contributed by atoms with Crippen LogP contribution in [0, 0.1) is 13.8 Å². The van der Waals surface area contributed by atoms with E-state index in [0.29, 0.717) is 11.3 Å². The van der Waals surface area contributed by atoms with Gasteiger partial charge in [-0.15, -0.1) is 0 Å². The van der Waals surface area contributed by atoms with E-state index in [1.165, 1.54) is 12.8 Å². The molecular formula is C14H19ClO3S. The van der Waals surface area contributed by atoms with Crippen LogP contribution in [0.3, 0.4) is 0 Å². The smallest absolute Gasteiger partial charge is 0.236 e. The third-order valence-electron chi connectivity index (χ3n) is 3.67. The van der Waals surface area contributed by atoms with Crippen molar-refractivity contribution in [3.05, 3.63) is 28.8 Å². The van der Waals surface area contributed by atoms with Crippen molar-refractivity contribution in [3.8, 4) is 5.75 Å². The lowest BCUT2D eigenvalue weighted by atomic mass is 10.1. The van der Waals surface area contributed by atoms with Crippen LogP contribution in [-0.4, -0.2) is 14.5 Å². The van der Waals surface area contributed by atoms with Gasteiger partial charge in [0.1, 0.15) is 5.75 Å². The second kappa shape index (κ2) is 5.71. The fraction of sp³-hybridized carbons (Fsp3) is 0.571. The molecule has 106 valence electrons. The zero-order chi connectivity index (χ0) is 14.0. The SMILES string of the molecule is Cc1ccc(CS(=O)(=O)Cl)c(OC2CCCC2)c1C. The molecule has 0 saturated heterocycles. The highest BCUT2D eigenvalue weighted by Crippen LogP contribution is 2.32. The third kappa shape index (κ3) is 3.86. The second-order valence-electron chi connectivity index (χ2n) is 5.20. The monoisotopic (exact) mass is 302 g/mol. The van der Waals surface area contributed by atoms with Crippen LogP contribution in [-0.2, 0) is 14.8 Å². The molecule has 2 rings (SSSR count). The molecule has 1 aliphatic rings. The van der Waals surface area contributed by atoms with E-state index in [-0.39, 0.29) is 11.9 Å². The van der Waals surface area contributed by atoms with Gasteiger partial charge in [0.05, 0.1) is 11.9 Å². The topological polar surface area (TPSA) is 43.4 Å². The van der Waals surface area contributed by atoms with Gasteiger partial charge in [-0.05, 0) is 50.7 Å². The molecule has 0 amide bonds. The first kappa shape index (κ1) is 14.7. The van der Waals surface area contributed by atoms with Crippen LogP contribution in [0.25, 0.3) is 0 Å². The third-order valence-corrected chi connectivity index (χ3v) is 4.66. The van der Waals surface area contributed by atoms with Crippen molar-refractivity contribution < 1.29 is 13.2 Å². The second-order valence-corrected chi connectivity index (χ2v) is 7.98. The van der Waals surface area contributed by atoms with Crippen molar-refractivity contribution >= 4 is 19.7 Å². The van der Waals surface area contributed by atoms with Crippen molar-refractivity contribution in [1.29, 1.82) is 0 Å². The number of aryl methyl sites for hydroxylation is 1. The summed E-state index contributed by atoms with van der Waals surface area (Å²) < 4.78 is 28.6. The summed E-state index contributed by atoms with van der Waals surface area (Å²) in [6.07, 6.45) is 4.65. The molecule has 0 aromatic heterocycles. The van der Waals surface area contributed by atoms with Crippen LogP contribution in [0.2, 0.25) is 0 Å². The first-order chi connectivity index (χ1) is 8.87. The Labute approximate surface area is 119 Å². The quantitative estimate of drug-likeness (QED) is 0.797. The Kier molecular flexibility index (Phi) is 4.41. The van der Waals surface area contributed by atoms with Crippen LogP contribution in [0.15, 0.2) is 12.1 Å². The Bertz CT molecular complexity index is 560. The predicted molar refractivity (Wildman–Crippen MR) is 77.3 cm³/mol. The number of hydrogen-bond donors (Lipinski definition) is 0. The lowest BCUT2D eigenvalue weighted by molar-refractivity contribution is 0.207. The van der Waals surface area contributed by atoms with E-state index in [1.54, 1.807) is 6.07 Å². The molecular weight excluding hydrogens is 284 g/mol. The summed E-state index contributed by atoms with van der Waals surface area (Å²) in [5, 5.41) is 0. The summed E-state index contributed by atoms with van der Waals surface area (Å²) in [6, 6.07) is 3.71. The molecule has 5 heteroatoms. The molecule has 0 bridgehead atoms. The Balaban J connectivity index is 2.33. The van der Waals surface area contributed by atoms with Gasteiger partial charge in [0.25, 0.3) is 0 Å². The molecule has 0 atom stereocenters. The molecule has 0 spiro atoms. The summed E-state index contributed by atoms with van der Waals surface area (Å²) >= 11 is 0. The Morgan fingerprint density at radius 1 is 1.26 bits per heavy atom. The largest absolute Gasteiger partial charge is 0.490 e.